The molecular formula is C39H62O13. The number of carbonyl (C=O) groups excluding carboxylic acids is 3. The summed E-state index contributed by atoms with van der Waals surface area (Å²) in [6.07, 6.45) is 6.24. The van der Waals surface area contributed by atoms with Crippen molar-refractivity contribution < 1.29 is 62.9 Å². The topological polar surface area (TPSA) is 177 Å². The lowest BCUT2D eigenvalue weighted by atomic mass is 9.74. The van der Waals surface area contributed by atoms with Gasteiger partial charge in [-0.25, -0.2) is 4.79 Å². The third-order valence-electron chi connectivity index (χ3n) is 10.6. The number of fused-ring (bicyclic) bond motifs is 6. The van der Waals surface area contributed by atoms with Gasteiger partial charge in [-0.2, -0.15) is 0 Å². The first kappa shape index (κ1) is 42.4. The number of methoxy groups -OCH3 is 1. The zero-order valence-corrected chi connectivity index (χ0v) is 31.7. The van der Waals surface area contributed by atoms with Gasteiger partial charge in [0.1, 0.15) is 6.10 Å². The number of aliphatic hydroxyl groups is 3. The fourth-order valence-corrected chi connectivity index (χ4v) is 7.51. The molecule has 0 aromatic carbocycles. The van der Waals surface area contributed by atoms with Crippen molar-refractivity contribution >= 4 is 17.9 Å². The van der Waals surface area contributed by atoms with Gasteiger partial charge in [-0.15, -0.1) is 0 Å². The van der Waals surface area contributed by atoms with Crippen molar-refractivity contribution in [1.82, 2.24) is 0 Å². The van der Waals surface area contributed by atoms with Gasteiger partial charge in [-0.3, -0.25) is 9.59 Å². The van der Waals surface area contributed by atoms with E-state index in [1.54, 1.807) is 26.0 Å². The van der Waals surface area contributed by atoms with E-state index in [1.807, 2.05) is 0 Å². The first-order valence-corrected chi connectivity index (χ1v) is 19.3. The summed E-state index contributed by atoms with van der Waals surface area (Å²) in [5, 5.41) is 34.3. The second-order valence-electron chi connectivity index (χ2n) is 15.4. The van der Waals surface area contributed by atoms with E-state index in [1.165, 1.54) is 20.1 Å². The Bertz CT molecular complexity index is 1230. The van der Waals surface area contributed by atoms with Crippen molar-refractivity contribution in [2.45, 2.75) is 185 Å². The van der Waals surface area contributed by atoms with Crippen LogP contribution in [0.15, 0.2) is 23.8 Å². The van der Waals surface area contributed by atoms with Crippen LogP contribution in [0.5, 0.6) is 0 Å². The van der Waals surface area contributed by atoms with E-state index >= 15 is 0 Å². The lowest BCUT2D eigenvalue weighted by Gasteiger charge is -2.51. The van der Waals surface area contributed by atoms with Crippen LogP contribution in [0, 0.1) is 5.41 Å². The highest BCUT2D eigenvalue weighted by atomic mass is 16.7. The number of ether oxygens (including phenoxy) is 7. The van der Waals surface area contributed by atoms with Gasteiger partial charge >= 0.3 is 17.9 Å². The molecule has 10 atom stereocenters. The summed E-state index contributed by atoms with van der Waals surface area (Å²) < 4.78 is 41.7. The van der Waals surface area contributed by atoms with Crippen molar-refractivity contribution in [3.63, 3.8) is 0 Å². The first-order valence-electron chi connectivity index (χ1n) is 19.3. The molecule has 52 heavy (non-hydrogen) atoms. The van der Waals surface area contributed by atoms with Gasteiger partial charge in [0.05, 0.1) is 56.8 Å². The molecule has 0 aromatic rings. The Morgan fingerprint density at radius 1 is 1.00 bits per heavy atom. The summed E-state index contributed by atoms with van der Waals surface area (Å²) in [5.74, 6) is -4.23. The van der Waals surface area contributed by atoms with Gasteiger partial charge < -0.3 is 48.5 Å². The van der Waals surface area contributed by atoms with Gasteiger partial charge in [-0.1, -0.05) is 52.5 Å². The zero-order valence-electron chi connectivity index (χ0n) is 31.7. The van der Waals surface area contributed by atoms with Crippen LogP contribution in [0.2, 0.25) is 0 Å². The van der Waals surface area contributed by atoms with E-state index in [0.29, 0.717) is 25.9 Å². The normalized spacial score (nSPS) is 36.5. The summed E-state index contributed by atoms with van der Waals surface area (Å²) in [4.78, 5) is 39.1. The van der Waals surface area contributed by atoms with E-state index in [-0.39, 0.29) is 56.0 Å². The number of esters is 3. The fourth-order valence-electron chi connectivity index (χ4n) is 7.51. The number of unbranched alkanes of at least 4 members (excludes halogenated alkanes) is 4. The highest BCUT2D eigenvalue weighted by molar-refractivity contribution is 5.83. The summed E-state index contributed by atoms with van der Waals surface area (Å²) in [6.45, 7) is 7.45. The molecule has 3 fully saturated rings. The number of cyclic esters (lactones) is 1. The van der Waals surface area contributed by atoms with E-state index in [9.17, 15) is 29.7 Å². The molecule has 3 N–H and O–H groups in total. The van der Waals surface area contributed by atoms with E-state index < -0.39 is 65.9 Å². The summed E-state index contributed by atoms with van der Waals surface area (Å²) in [7, 11) is 1.22. The second kappa shape index (κ2) is 19.8. The summed E-state index contributed by atoms with van der Waals surface area (Å²) in [6, 6.07) is 0. The molecule has 13 nitrogen and oxygen atoms in total. The number of aliphatic hydroxyl groups excluding tert-OH is 2. The highest BCUT2D eigenvalue weighted by Crippen LogP contribution is 2.47. The predicted octanol–water partition coefficient (Wildman–Crippen LogP) is 4.71. The fraction of sp³-hybridized carbons (Fsp3) is 0.821. The lowest BCUT2D eigenvalue weighted by molar-refractivity contribution is -0.327. The average molecular weight is 739 g/mol. The van der Waals surface area contributed by atoms with Crippen molar-refractivity contribution in [3.8, 4) is 0 Å². The Labute approximate surface area is 308 Å². The van der Waals surface area contributed by atoms with Gasteiger partial charge in [-0.05, 0) is 63.5 Å². The zero-order chi connectivity index (χ0) is 37.9. The average Bonchev–Trinajstić information content (AvgIpc) is 3.08. The summed E-state index contributed by atoms with van der Waals surface area (Å²) >= 11 is 0. The molecule has 4 aliphatic heterocycles. The van der Waals surface area contributed by atoms with Crippen LogP contribution < -0.4 is 0 Å². The quantitative estimate of drug-likeness (QED) is 0.0976. The largest absolute Gasteiger partial charge is 0.466 e. The number of rotatable bonds is 9. The molecule has 296 valence electrons. The van der Waals surface area contributed by atoms with Crippen LogP contribution in [-0.2, 0) is 47.5 Å². The molecule has 0 amide bonds. The molecule has 4 aliphatic rings. The molecule has 4 heterocycles. The molecule has 0 aliphatic carbocycles. The minimum Gasteiger partial charge on any atom is -0.466 e. The number of hydrogen-bond acceptors (Lipinski definition) is 13. The van der Waals surface area contributed by atoms with Gasteiger partial charge in [0.15, 0.2) is 12.4 Å². The monoisotopic (exact) mass is 738 g/mol. The smallest absolute Gasteiger partial charge is 0.330 e. The molecular weight excluding hydrogens is 676 g/mol. The molecule has 4 rings (SSSR count). The molecule has 13 heteroatoms. The van der Waals surface area contributed by atoms with Crippen molar-refractivity contribution in [1.29, 1.82) is 0 Å². The van der Waals surface area contributed by atoms with E-state index in [4.69, 9.17) is 33.2 Å². The van der Waals surface area contributed by atoms with Crippen LogP contribution in [0.1, 0.15) is 124 Å². The maximum Gasteiger partial charge on any atom is 0.330 e. The summed E-state index contributed by atoms with van der Waals surface area (Å²) in [5.41, 5.74) is -1.05. The minimum absolute atomic E-state index is 0.00818. The van der Waals surface area contributed by atoms with Crippen LogP contribution >= 0.6 is 0 Å². The number of hydrogen-bond donors (Lipinski definition) is 3. The van der Waals surface area contributed by atoms with E-state index in [2.05, 4.69) is 6.92 Å². The van der Waals surface area contributed by atoms with E-state index in [0.717, 1.165) is 44.9 Å². The third kappa shape index (κ3) is 12.1. The van der Waals surface area contributed by atoms with Crippen LogP contribution in [0.25, 0.3) is 0 Å². The molecule has 0 aromatic heterocycles. The van der Waals surface area contributed by atoms with Crippen molar-refractivity contribution in [2.75, 3.05) is 13.7 Å². The SMILES string of the molecule is CCCCCCCC(=O)O[C@H]1/C(=C\C(=O)OC)CC2CC(C(C)O)OC(=O)C[C@H](O)C[C@@H]3CCC[C@H](C[C@@H]4CCO[C@H](/C=C/C(C)(C)[C@]1(O)O2)O4)O3. The van der Waals surface area contributed by atoms with Crippen molar-refractivity contribution in [3.05, 3.63) is 23.8 Å². The molecule has 0 spiro atoms. The van der Waals surface area contributed by atoms with Gasteiger partial charge in [0.25, 0.3) is 0 Å². The lowest BCUT2D eigenvalue weighted by Crippen LogP contribution is -2.62. The molecule has 3 unspecified atom stereocenters. The van der Waals surface area contributed by atoms with Gasteiger partial charge in [0.2, 0.25) is 5.79 Å². The third-order valence-corrected chi connectivity index (χ3v) is 10.6. The highest BCUT2D eigenvalue weighted by Gasteiger charge is 2.57. The Hall–Kier alpha value is -2.39. The first-order chi connectivity index (χ1) is 24.7. The Morgan fingerprint density at radius 2 is 1.71 bits per heavy atom. The van der Waals surface area contributed by atoms with Crippen LogP contribution in [-0.4, -0.2) is 108 Å². The molecule has 0 radical (unpaired) electrons. The Kier molecular flexibility index (Phi) is 16.1. The number of carbonyl (C=O) groups is 3. The standard InChI is InChI=1S/C39H62O13/c1-6-7-8-9-10-14-33(42)51-37-26(20-34(43)46-5)19-31-24-32(25(2)40)50-35(44)22-27(41)21-28-12-11-13-29(48-28)23-30-16-18-47-36(49-30)15-17-38(3,4)39(37,45)52-31/h15,17,20,25,27-32,36-37,40-41,45H,6-14,16,18-19,21-24H2,1-5H3/b17-15+,26-20-/t25?,27-,28+,29-,30+,31?,32?,36+,37+,39-/m1/s1. The molecule has 3 saturated heterocycles. The maximum absolute atomic E-state index is 13.3. The predicted molar refractivity (Wildman–Crippen MR) is 188 cm³/mol. The van der Waals surface area contributed by atoms with Gasteiger partial charge in [0, 0.05) is 30.8 Å². The minimum atomic E-state index is -2.26. The molecule has 0 saturated carbocycles. The maximum atomic E-state index is 13.3. The Morgan fingerprint density at radius 3 is 2.42 bits per heavy atom. The van der Waals surface area contributed by atoms with Crippen LogP contribution in [0.3, 0.4) is 0 Å². The second-order valence-corrected chi connectivity index (χ2v) is 15.4. The van der Waals surface area contributed by atoms with Crippen molar-refractivity contribution in [2.24, 2.45) is 5.41 Å². The van der Waals surface area contributed by atoms with Crippen LogP contribution in [0.4, 0.5) is 0 Å². The molecule has 6 bridgehead atoms. The Balaban J connectivity index is 1.70.